The fraction of sp³-hybridized carbons (Fsp3) is 0.370. The number of alkyl carbamates (subject to hydrolysis) is 1. The van der Waals surface area contributed by atoms with Gasteiger partial charge < -0.3 is 24.1 Å². The van der Waals surface area contributed by atoms with Crippen LogP contribution in [-0.4, -0.2) is 40.8 Å². The van der Waals surface area contributed by atoms with E-state index in [1.165, 1.54) is 0 Å². The highest BCUT2D eigenvalue weighted by atomic mass is 16.6. The van der Waals surface area contributed by atoms with Crippen LogP contribution in [0.2, 0.25) is 0 Å². The minimum Gasteiger partial charge on any atom is -0.465 e. The molecule has 3 rings (SSSR count). The summed E-state index contributed by atoms with van der Waals surface area (Å²) in [5.74, 6) is -0.938. The first-order valence-corrected chi connectivity index (χ1v) is 11.6. The van der Waals surface area contributed by atoms with Crippen molar-refractivity contribution in [1.29, 1.82) is 0 Å². The Bertz CT molecular complexity index is 1160. The van der Waals surface area contributed by atoms with Gasteiger partial charge in [-0.15, -0.1) is 0 Å². The number of aromatic nitrogens is 1. The van der Waals surface area contributed by atoms with Gasteiger partial charge in [0.2, 0.25) is 0 Å². The maximum Gasteiger partial charge on any atom is 0.408 e. The number of carbonyl (C=O) groups excluding carboxylic acids is 3. The van der Waals surface area contributed by atoms with Crippen LogP contribution >= 0.6 is 0 Å². The van der Waals surface area contributed by atoms with Gasteiger partial charge in [0.05, 0.1) is 6.61 Å². The summed E-state index contributed by atoms with van der Waals surface area (Å²) in [5, 5.41) is 3.52. The molecule has 2 aromatic carbocycles. The molecule has 1 N–H and O–H groups in total. The van der Waals surface area contributed by atoms with Crippen LogP contribution in [0, 0.1) is 0 Å². The summed E-state index contributed by atoms with van der Waals surface area (Å²) in [6.45, 7) is 7.41. The molecule has 0 aliphatic carbocycles. The van der Waals surface area contributed by atoms with Crippen LogP contribution in [0.25, 0.3) is 10.9 Å². The van der Waals surface area contributed by atoms with E-state index in [0.717, 1.165) is 22.0 Å². The van der Waals surface area contributed by atoms with E-state index in [-0.39, 0.29) is 25.5 Å². The van der Waals surface area contributed by atoms with E-state index >= 15 is 0 Å². The van der Waals surface area contributed by atoms with Crippen LogP contribution in [0.3, 0.4) is 0 Å². The highest BCUT2D eigenvalue weighted by molar-refractivity contribution is 5.87. The Balaban J connectivity index is 1.85. The van der Waals surface area contributed by atoms with Crippen molar-refractivity contribution in [2.24, 2.45) is 0 Å². The molecule has 0 aliphatic heterocycles. The average Bonchev–Trinajstić information content (AvgIpc) is 3.13. The number of esters is 2. The summed E-state index contributed by atoms with van der Waals surface area (Å²) < 4.78 is 17.8. The lowest BCUT2D eigenvalue weighted by atomic mass is 10.1. The van der Waals surface area contributed by atoms with E-state index in [1.54, 1.807) is 38.5 Å². The molecule has 8 heteroatoms. The predicted molar refractivity (Wildman–Crippen MR) is 132 cm³/mol. The maximum atomic E-state index is 13.1. The van der Waals surface area contributed by atoms with Gasteiger partial charge in [-0.05, 0) is 44.9 Å². The van der Waals surface area contributed by atoms with Crippen LogP contribution in [-0.2, 0) is 43.4 Å². The molecule has 186 valence electrons. The number of ether oxygens (including phenoxy) is 3. The zero-order chi connectivity index (χ0) is 25.4. The van der Waals surface area contributed by atoms with Crippen LogP contribution in [0.1, 0.15) is 38.8 Å². The molecule has 0 bridgehead atoms. The SMILES string of the molecule is CCOC(=O)Cn1cc(C[C@H](NC(=O)OC(C)(C)C)C(=O)OCc2ccccc2)c2ccccc21. The minimum absolute atomic E-state index is 0.0387. The molecule has 0 spiro atoms. The van der Waals surface area contributed by atoms with Gasteiger partial charge in [-0.3, -0.25) is 4.79 Å². The maximum absolute atomic E-state index is 13.1. The summed E-state index contributed by atoms with van der Waals surface area (Å²) in [6, 6.07) is 15.9. The van der Waals surface area contributed by atoms with Crippen LogP contribution in [0.15, 0.2) is 60.8 Å². The van der Waals surface area contributed by atoms with E-state index in [0.29, 0.717) is 6.61 Å². The summed E-state index contributed by atoms with van der Waals surface area (Å²) in [6.07, 6.45) is 1.24. The van der Waals surface area contributed by atoms with E-state index in [1.807, 2.05) is 54.6 Å². The summed E-state index contributed by atoms with van der Waals surface area (Å²) in [7, 11) is 0. The first-order valence-electron chi connectivity index (χ1n) is 11.6. The van der Waals surface area contributed by atoms with E-state index in [2.05, 4.69) is 5.32 Å². The van der Waals surface area contributed by atoms with E-state index < -0.39 is 23.7 Å². The number of fused-ring (bicyclic) bond motifs is 1. The second-order valence-corrected chi connectivity index (χ2v) is 9.10. The van der Waals surface area contributed by atoms with Crippen LogP contribution < -0.4 is 5.32 Å². The molecule has 1 amide bonds. The topological polar surface area (TPSA) is 95.9 Å². The molecule has 8 nitrogen and oxygen atoms in total. The van der Waals surface area contributed by atoms with Gasteiger partial charge in [-0.25, -0.2) is 9.59 Å². The number of carbonyl (C=O) groups is 3. The van der Waals surface area contributed by atoms with Crippen molar-refractivity contribution in [3.05, 3.63) is 71.9 Å². The van der Waals surface area contributed by atoms with Gasteiger partial charge in [-0.2, -0.15) is 0 Å². The zero-order valence-corrected chi connectivity index (χ0v) is 20.6. The number of nitrogens with zero attached hydrogens (tertiary/aromatic N) is 1. The Morgan fingerprint density at radius 2 is 1.66 bits per heavy atom. The second-order valence-electron chi connectivity index (χ2n) is 9.10. The minimum atomic E-state index is -0.990. The first-order chi connectivity index (χ1) is 16.7. The number of hydrogen-bond donors (Lipinski definition) is 1. The summed E-state index contributed by atoms with van der Waals surface area (Å²) in [4.78, 5) is 37.7. The standard InChI is InChI=1S/C27H32N2O6/c1-5-33-24(30)17-29-16-20(21-13-9-10-14-23(21)29)15-22(28-26(32)35-27(2,3)4)25(31)34-18-19-11-7-6-8-12-19/h6-14,16,22H,5,15,17-18H2,1-4H3,(H,28,32)/t22-/m0/s1. The van der Waals surface area contributed by atoms with Gasteiger partial charge in [0.1, 0.15) is 24.8 Å². The Labute approximate surface area is 205 Å². The number of hydrogen-bond acceptors (Lipinski definition) is 6. The van der Waals surface area contributed by atoms with Crippen molar-refractivity contribution in [2.45, 2.75) is 58.9 Å². The molecule has 0 saturated heterocycles. The zero-order valence-electron chi connectivity index (χ0n) is 20.6. The molecule has 35 heavy (non-hydrogen) atoms. The Hall–Kier alpha value is -3.81. The van der Waals surface area contributed by atoms with Gasteiger partial charge >= 0.3 is 18.0 Å². The molecular formula is C27H32N2O6. The van der Waals surface area contributed by atoms with E-state index in [9.17, 15) is 14.4 Å². The molecule has 0 fully saturated rings. The lowest BCUT2D eigenvalue weighted by Gasteiger charge is -2.23. The highest BCUT2D eigenvalue weighted by Crippen LogP contribution is 2.23. The molecular weight excluding hydrogens is 448 g/mol. The quantitative estimate of drug-likeness (QED) is 0.361. The molecule has 0 unspecified atom stereocenters. The number of rotatable bonds is 9. The lowest BCUT2D eigenvalue weighted by molar-refractivity contribution is -0.147. The molecule has 0 aliphatic rings. The van der Waals surface area contributed by atoms with Gasteiger partial charge in [0, 0.05) is 23.5 Å². The Morgan fingerprint density at radius 3 is 2.34 bits per heavy atom. The van der Waals surface area contributed by atoms with Gasteiger partial charge in [-0.1, -0.05) is 48.5 Å². The van der Waals surface area contributed by atoms with Crippen LogP contribution in [0.4, 0.5) is 4.79 Å². The lowest BCUT2D eigenvalue weighted by Crippen LogP contribution is -2.45. The smallest absolute Gasteiger partial charge is 0.408 e. The first kappa shape index (κ1) is 25.8. The normalized spacial score (nSPS) is 12.1. The molecule has 1 atom stereocenters. The fourth-order valence-electron chi connectivity index (χ4n) is 3.65. The number of benzene rings is 2. The monoisotopic (exact) mass is 480 g/mol. The molecule has 1 aromatic heterocycles. The van der Waals surface area contributed by atoms with Crippen molar-refractivity contribution >= 4 is 28.9 Å². The molecule has 3 aromatic rings. The predicted octanol–water partition coefficient (Wildman–Crippen LogP) is 4.38. The van der Waals surface area contributed by atoms with Crippen LogP contribution in [0.5, 0.6) is 0 Å². The highest BCUT2D eigenvalue weighted by Gasteiger charge is 2.27. The Kier molecular flexibility index (Phi) is 8.52. The van der Waals surface area contributed by atoms with Gasteiger partial charge in [0.15, 0.2) is 0 Å². The summed E-state index contributed by atoms with van der Waals surface area (Å²) in [5.41, 5.74) is 1.72. The molecule has 0 saturated carbocycles. The third-order valence-electron chi connectivity index (χ3n) is 5.10. The third kappa shape index (κ3) is 7.60. The van der Waals surface area contributed by atoms with Gasteiger partial charge in [0.25, 0.3) is 0 Å². The van der Waals surface area contributed by atoms with Crippen molar-refractivity contribution in [3.63, 3.8) is 0 Å². The van der Waals surface area contributed by atoms with Crippen molar-refractivity contribution in [2.75, 3.05) is 6.61 Å². The number of amides is 1. The third-order valence-corrected chi connectivity index (χ3v) is 5.10. The van der Waals surface area contributed by atoms with Crippen molar-refractivity contribution in [3.8, 4) is 0 Å². The second kappa shape index (κ2) is 11.6. The molecule has 1 heterocycles. The Morgan fingerprint density at radius 1 is 0.971 bits per heavy atom. The molecule has 0 radical (unpaired) electrons. The number of para-hydroxylation sites is 1. The fourth-order valence-corrected chi connectivity index (χ4v) is 3.65. The average molecular weight is 481 g/mol. The number of nitrogens with one attached hydrogen (secondary N) is 1. The van der Waals surface area contributed by atoms with E-state index in [4.69, 9.17) is 14.2 Å². The van der Waals surface area contributed by atoms with Crippen molar-refractivity contribution in [1.82, 2.24) is 9.88 Å². The largest absolute Gasteiger partial charge is 0.465 e. The summed E-state index contributed by atoms with van der Waals surface area (Å²) >= 11 is 0. The van der Waals surface area contributed by atoms with Crippen molar-refractivity contribution < 1.29 is 28.6 Å².